The first-order chi connectivity index (χ1) is 12.9. The van der Waals surface area contributed by atoms with Gasteiger partial charge in [0.15, 0.2) is 11.8 Å². The van der Waals surface area contributed by atoms with Gasteiger partial charge >= 0.3 is 0 Å². The van der Waals surface area contributed by atoms with Crippen LogP contribution in [0.2, 0.25) is 0 Å². The van der Waals surface area contributed by atoms with Gasteiger partial charge in [-0.1, -0.05) is 0 Å². The molecule has 3 N–H and O–H groups in total. The van der Waals surface area contributed by atoms with Crippen LogP contribution in [0, 0.1) is 6.92 Å². The molecule has 2 heterocycles. The van der Waals surface area contributed by atoms with Crippen molar-refractivity contribution >= 4 is 41.3 Å². The highest BCUT2D eigenvalue weighted by Crippen LogP contribution is 2.21. The van der Waals surface area contributed by atoms with Crippen LogP contribution < -0.4 is 10.6 Å². The Bertz CT molecular complexity index is 718. The second-order valence-electron chi connectivity index (χ2n) is 6.50. The molecule has 0 saturated heterocycles. The van der Waals surface area contributed by atoms with Gasteiger partial charge in [0.1, 0.15) is 18.0 Å². The molecule has 0 radical (unpaired) electrons. The Hall–Kier alpha value is -1.24. The van der Waals surface area contributed by atoms with Crippen LogP contribution in [0.4, 0.5) is 0 Å². The van der Waals surface area contributed by atoms with Crippen molar-refractivity contribution in [3.63, 3.8) is 0 Å². The minimum Gasteiger partial charge on any atom is -0.384 e. The van der Waals surface area contributed by atoms with Crippen molar-refractivity contribution in [3.05, 3.63) is 34.0 Å². The van der Waals surface area contributed by atoms with Gasteiger partial charge in [0.2, 0.25) is 0 Å². The van der Waals surface area contributed by atoms with E-state index in [0.29, 0.717) is 32.3 Å². The zero-order valence-corrected chi connectivity index (χ0v) is 20.1. The maximum absolute atomic E-state index is 10.7. The number of aryl methyl sites for hydroxylation is 1. The van der Waals surface area contributed by atoms with Gasteiger partial charge in [0.25, 0.3) is 0 Å². The number of rotatable bonds is 10. The molecule has 1 unspecified atom stereocenters. The van der Waals surface area contributed by atoms with E-state index in [4.69, 9.17) is 4.74 Å². The van der Waals surface area contributed by atoms with Crippen molar-refractivity contribution in [2.75, 3.05) is 26.3 Å². The number of aliphatic imine (C=N–C) groups is 1. The Morgan fingerprint density at radius 1 is 1.39 bits per heavy atom. The number of nitrogens with one attached hydrogen (secondary N) is 2. The first-order valence-electron chi connectivity index (χ1n) is 9.14. The highest BCUT2D eigenvalue weighted by atomic mass is 127. The molecule has 158 valence electrons. The molecular weight excluding hydrogens is 491 g/mol. The van der Waals surface area contributed by atoms with Gasteiger partial charge in [-0.25, -0.2) is 4.99 Å². The zero-order chi connectivity index (χ0) is 19.7. The number of nitrogens with zero attached hydrogens (tertiary/aromatic N) is 4. The lowest BCUT2D eigenvalue weighted by atomic mass is 9.99. The highest BCUT2D eigenvalue weighted by Gasteiger charge is 2.23. The molecule has 2 rings (SSSR count). The second-order valence-corrected chi connectivity index (χ2v) is 7.28. The number of hydrogen-bond donors (Lipinski definition) is 3. The smallest absolute Gasteiger partial charge is 0.191 e. The summed E-state index contributed by atoms with van der Waals surface area (Å²) in [6.07, 6.45) is 0.874. The fourth-order valence-electron chi connectivity index (χ4n) is 2.37. The lowest BCUT2D eigenvalue weighted by molar-refractivity contribution is 0.0621. The van der Waals surface area contributed by atoms with Crippen molar-refractivity contribution in [1.82, 2.24) is 25.4 Å². The first-order valence-corrected chi connectivity index (χ1v) is 10.1. The van der Waals surface area contributed by atoms with E-state index in [1.807, 2.05) is 42.3 Å². The van der Waals surface area contributed by atoms with Crippen LogP contribution in [0.1, 0.15) is 37.5 Å². The molecule has 8 nitrogen and oxygen atoms in total. The lowest BCUT2D eigenvalue weighted by Crippen LogP contribution is -2.44. The van der Waals surface area contributed by atoms with Crippen LogP contribution in [0.25, 0.3) is 0 Å². The Balaban J connectivity index is 0.00000392. The quantitative estimate of drug-likeness (QED) is 0.192. The molecule has 2 aromatic heterocycles. The first kappa shape index (κ1) is 24.8. The lowest BCUT2D eigenvalue weighted by Gasteiger charge is -2.24. The van der Waals surface area contributed by atoms with Crippen LogP contribution in [0.15, 0.2) is 21.8 Å². The summed E-state index contributed by atoms with van der Waals surface area (Å²) >= 11 is 1.57. The van der Waals surface area contributed by atoms with E-state index in [-0.39, 0.29) is 24.0 Å². The Morgan fingerprint density at radius 2 is 2.18 bits per heavy atom. The maximum Gasteiger partial charge on any atom is 0.191 e. The van der Waals surface area contributed by atoms with E-state index in [0.717, 1.165) is 30.2 Å². The van der Waals surface area contributed by atoms with Crippen LogP contribution in [-0.4, -0.2) is 52.1 Å². The molecule has 0 aliphatic rings. The number of aliphatic hydroxyl groups is 1. The van der Waals surface area contributed by atoms with Crippen molar-refractivity contribution in [3.8, 4) is 0 Å². The third-order valence-electron chi connectivity index (χ3n) is 4.27. The summed E-state index contributed by atoms with van der Waals surface area (Å²) in [5.74, 6) is 2.26. The van der Waals surface area contributed by atoms with Gasteiger partial charge in [0, 0.05) is 26.8 Å². The molecule has 28 heavy (non-hydrogen) atoms. The van der Waals surface area contributed by atoms with Crippen molar-refractivity contribution in [1.29, 1.82) is 0 Å². The van der Waals surface area contributed by atoms with Gasteiger partial charge in [-0.2, -0.15) is 11.3 Å². The van der Waals surface area contributed by atoms with Crippen molar-refractivity contribution < 1.29 is 9.84 Å². The van der Waals surface area contributed by atoms with E-state index < -0.39 is 5.60 Å². The summed E-state index contributed by atoms with van der Waals surface area (Å²) in [6, 6.07) is 1.93. The fraction of sp³-hybridized carbons (Fsp3) is 0.611. The largest absolute Gasteiger partial charge is 0.384 e. The maximum atomic E-state index is 10.7. The number of ether oxygens (including phenoxy) is 1. The molecule has 0 aromatic carbocycles. The number of hydrogen-bond acceptors (Lipinski definition) is 6. The van der Waals surface area contributed by atoms with E-state index >= 15 is 0 Å². The third-order valence-corrected chi connectivity index (χ3v) is 4.95. The van der Waals surface area contributed by atoms with E-state index in [1.54, 1.807) is 18.3 Å². The normalized spacial score (nSPS) is 13.7. The summed E-state index contributed by atoms with van der Waals surface area (Å²) in [6.45, 7) is 8.57. The average molecular weight is 522 g/mol. The number of thiophene rings is 1. The van der Waals surface area contributed by atoms with Gasteiger partial charge in [0.05, 0.1) is 6.54 Å². The van der Waals surface area contributed by atoms with Crippen LogP contribution in [0.3, 0.4) is 0 Å². The summed E-state index contributed by atoms with van der Waals surface area (Å²) in [5.41, 5.74) is -0.0885. The van der Waals surface area contributed by atoms with Crippen LogP contribution in [0.5, 0.6) is 0 Å². The zero-order valence-electron chi connectivity index (χ0n) is 16.9. The molecule has 0 fully saturated rings. The molecule has 0 saturated carbocycles. The molecule has 2 aromatic rings. The fourth-order valence-corrected chi connectivity index (χ4v) is 3.15. The van der Waals surface area contributed by atoms with Crippen molar-refractivity contribution in [2.45, 2.75) is 39.3 Å². The Labute approximate surface area is 187 Å². The minimum atomic E-state index is -0.977. The van der Waals surface area contributed by atoms with Crippen LogP contribution in [-0.2, 0) is 23.9 Å². The summed E-state index contributed by atoms with van der Waals surface area (Å²) in [4.78, 5) is 4.59. The van der Waals surface area contributed by atoms with Crippen molar-refractivity contribution in [2.24, 2.45) is 12.0 Å². The van der Waals surface area contributed by atoms with Gasteiger partial charge in [-0.3, -0.25) is 0 Å². The van der Waals surface area contributed by atoms with Gasteiger partial charge in [-0.15, -0.1) is 34.2 Å². The third kappa shape index (κ3) is 7.64. The Kier molecular flexibility index (Phi) is 10.9. The molecule has 10 heteroatoms. The minimum absolute atomic E-state index is 0. The van der Waals surface area contributed by atoms with Crippen LogP contribution >= 0.6 is 35.3 Å². The standard InChI is InChI=1S/C18H30N6O2S.HI/c1-5-26-9-6-8-19-17(20-11-16-23-22-14(2)24(16)4)21-13-18(3,25)15-7-10-27-12-15;/h7,10,12,25H,5-6,8-9,11,13H2,1-4H3,(H2,19,20,21);1H. The van der Waals surface area contributed by atoms with Gasteiger partial charge in [-0.05, 0) is 49.6 Å². The van der Waals surface area contributed by atoms with E-state index in [2.05, 4.69) is 25.8 Å². The van der Waals surface area contributed by atoms with E-state index in [1.165, 1.54) is 0 Å². The monoisotopic (exact) mass is 522 g/mol. The molecule has 0 spiro atoms. The number of guanidine groups is 1. The summed E-state index contributed by atoms with van der Waals surface area (Å²) in [5, 5.41) is 29.3. The molecule has 0 aliphatic heterocycles. The van der Waals surface area contributed by atoms with E-state index in [9.17, 15) is 5.11 Å². The average Bonchev–Trinajstić information content (AvgIpc) is 3.29. The molecule has 0 amide bonds. The summed E-state index contributed by atoms with van der Waals surface area (Å²) in [7, 11) is 1.92. The molecule has 0 bridgehead atoms. The second kappa shape index (κ2) is 12.3. The number of aromatic nitrogens is 3. The molecule has 1 atom stereocenters. The Morgan fingerprint density at radius 3 is 2.79 bits per heavy atom. The molecular formula is C18H31IN6O2S. The number of halogens is 1. The SMILES string of the molecule is CCOCCCNC(=NCc1nnc(C)n1C)NCC(C)(O)c1ccsc1.I. The summed E-state index contributed by atoms with van der Waals surface area (Å²) < 4.78 is 7.28. The highest BCUT2D eigenvalue weighted by molar-refractivity contribution is 14.0. The predicted molar refractivity (Wildman–Crippen MR) is 123 cm³/mol. The predicted octanol–water partition coefficient (Wildman–Crippen LogP) is 2.17. The topological polar surface area (TPSA) is 96.6 Å². The molecule has 0 aliphatic carbocycles. The van der Waals surface area contributed by atoms with Gasteiger partial charge < -0.3 is 25.0 Å².